The number of hydrogen-bond donors (Lipinski definition) is 2. The number of carbonyl (C=O) groups excluding carboxylic acids is 1. The molecule has 0 aliphatic heterocycles. The van der Waals surface area contributed by atoms with Gasteiger partial charge in [-0.2, -0.15) is 0 Å². The SMILES string of the molecule is Cc1nc(-c2ccc(NC(=O)Nc3cccc(Cl)c3)cc2)cs1. The van der Waals surface area contributed by atoms with Gasteiger partial charge < -0.3 is 10.6 Å². The molecule has 2 amide bonds. The number of anilines is 2. The van der Waals surface area contributed by atoms with Crippen LogP contribution in [-0.2, 0) is 0 Å². The molecule has 0 saturated heterocycles. The maximum atomic E-state index is 12.0. The van der Waals surface area contributed by atoms with E-state index >= 15 is 0 Å². The van der Waals surface area contributed by atoms with Gasteiger partial charge >= 0.3 is 6.03 Å². The molecule has 0 aliphatic rings. The first-order valence-corrected chi connectivity index (χ1v) is 8.22. The van der Waals surface area contributed by atoms with Crippen LogP contribution in [0.5, 0.6) is 0 Å². The first kappa shape index (κ1) is 15.5. The Morgan fingerprint density at radius 2 is 1.83 bits per heavy atom. The van der Waals surface area contributed by atoms with Crippen LogP contribution in [0.3, 0.4) is 0 Å². The van der Waals surface area contributed by atoms with Crippen molar-refractivity contribution in [2.24, 2.45) is 0 Å². The first-order chi connectivity index (χ1) is 11.1. The van der Waals surface area contributed by atoms with Crippen molar-refractivity contribution in [2.45, 2.75) is 6.92 Å². The Morgan fingerprint density at radius 3 is 2.48 bits per heavy atom. The maximum Gasteiger partial charge on any atom is 0.323 e. The largest absolute Gasteiger partial charge is 0.323 e. The first-order valence-electron chi connectivity index (χ1n) is 6.96. The maximum absolute atomic E-state index is 12.0. The van der Waals surface area contributed by atoms with Crippen LogP contribution in [0.2, 0.25) is 5.02 Å². The molecule has 0 radical (unpaired) electrons. The Labute approximate surface area is 143 Å². The highest BCUT2D eigenvalue weighted by molar-refractivity contribution is 7.09. The Balaban J connectivity index is 1.65. The van der Waals surface area contributed by atoms with Crippen LogP contribution in [-0.4, -0.2) is 11.0 Å². The van der Waals surface area contributed by atoms with Gasteiger partial charge in [-0.15, -0.1) is 11.3 Å². The number of halogens is 1. The number of nitrogens with one attached hydrogen (secondary N) is 2. The Kier molecular flexibility index (Phi) is 4.60. The van der Waals surface area contributed by atoms with E-state index in [9.17, 15) is 4.79 Å². The third kappa shape index (κ3) is 4.09. The number of hydrogen-bond acceptors (Lipinski definition) is 3. The molecule has 2 N–H and O–H groups in total. The third-order valence-corrected chi connectivity index (χ3v) is 4.15. The van der Waals surface area contributed by atoms with Gasteiger partial charge in [0.15, 0.2) is 0 Å². The molecule has 1 aromatic heterocycles. The Morgan fingerprint density at radius 1 is 1.09 bits per heavy atom. The van der Waals surface area contributed by atoms with Gasteiger partial charge in [0.25, 0.3) is 0 Å². The lowest BCUT2D eigenvalue weighted by Crippen LogP contribution is -2.19. The fourth-order valence-corrected chi connectivity index (χ4v) is 2.89. The predicted octanol–water partition coefficient (Wildman–Crippen LogP) is 5.42. The topological polar surface area (TPSA) is 54.0 Å². The number of nitrogens with zero attached hydrogens (tertiary/aromatic N) is 1. The normalized spacial score (nSPS) is 10.3. The monoisotopic (exact) mass is 343 g/mol. The molecule has 3 rings (SSSR count). The van der Waals surface area contributed by atoms with Crippen molar-refractivity contribution in [1.29, 1.82) is 0 Å². The van der Waals surface area contributed by atoms with Crippen molar-refractivity contribution in [3.63, 3.8) is 0 Å². The smallest absolute Gasteiger partial charge is 0.308 e. The Bertz CT molecular complexity index is 830. The number of urea groups is 1. The van der Waals surface area contributed by atoms with Crippen LogP contribution < -0.4 is 10.6 Å². The highest BCUT2D eigenvalue weighted by Crippen LogP contribution is 2.23. The summed E-state index contributed by atoms with van der Waals surface area (Å²) in [5.41, 5.74) is 3.32. The summed E-state index contributed by atoms with van der Waals surface area (Å²) in [6.45, 7) is 1.98. The molecule has 0 fully saturated rings. The summed E-state index contributed by atoms with van der Waals surface area (Å²) >= 11 is 7.50. The van der Waals surface area contributed by atoms with Crippen molar-refractivity contribution < 1.29 is 4.79 Å². The zero-order valence-corrected chi connectivity index (χ0v) is 13.9. The van der Waals surface area contributed by atoms with Crippen molar-refractivity contribution in [3.8, 4) is 11.3 Å². The number of carbonyl (C=O) groups is 1. The standard InChI is InChI=1S/C17H14ClN3OS/c1-11-19-16(10-23-11)12-5-7-14(8-6-12)20-17(22)21-15-4-2-3-13(18)9-15/h2-10H,1H3,(H2,20,21,22). The minimum atomic E-state index is -0.315. The summed E-state index contributed by atoms with van der Waals surface area (Å²) < 4.78 is 0. The number of rotatable bonds is 3. The van der Waals surface area contributed by atoms with Crippen molar-refractivity contribution in [2.75, 3.05) is 10.6 Å². The summed E-state index contributed by atoms with van der Waals surface area (Å²) in [4.78, 5) is 16.4. The quantitative estimate of drug-likeness (QED) is 0.667. The van der Waals surface area contributed by atoms with Gasteiger partial charge in [-0.05, 0) is 37.3 Å². The molecule has 116 valence electrons. The van der Waals surface area contributed by atoms with E-state index in [1.54, 1.807) is 35.6 Å². The van der Waals surface area contributed by atoms with E-state index in [-0.39, 0.29) is 6.03 Å². The summed E-state index contributed by atoms with van der Waals surface area (Å²) in [6, 6.07) is 14.3. The molecular weight excluding hydrogens is 330 g/mol. The van der Waals surface area contributed by atoms with Crippen molar-refractivity contribution >= 4 is 40.3 Å². The lowest BCUT2D eigenvalue weighted by molar-refractivity contribution is 0.262. The van der Waals surface area contributed by atoms with E-state index in [1.165, 1.54) is 0 Å². The average Bonchev–Trinajstić information content (AvgIpc) is 2.94. The van der Waals surface area contributed by atoms with E-state index in [0.717, 1.165) is 16.3 Å². The van der Waals surface area contributed by atoms with Crippen LogP contribution in [0.4, 0.5) is 16.2 Å². The highest BCUT2D eigenvalue weighted by atomic mass is 35.5. The van der Waals surface area contributed by atoms with Crippen LogP contribution >= 0.6 is 22.9 Å². The molecule has 3 aromatic rings. The van der Waals surface area contributed by atoms with Crippen LogP contribution in [0.15, 0.2) is 53.9 Å². The second-order valence-corrected chi connectivity index (χ2v) is 6.42. The third-order valence-electron chi connectivity index (χ3n) is 3.14. The van der Waals surface area contributed by atoms with Gasteiger partial charge in [0.2, 0.25) is 0 Å². The fraction of sp³-hybridized carbons (Fsp3) is 0.0588. The summed E-state index contributed by atoms with van der Waals surface area (Å²) in [7, 11) is 0. The number of amides is 2. The summed E-state index contributed by atoms with van der Waals surface area (Å²) in [5.74, 6) is 0. The molecule has 0 bridgehead atoms. The molecule has 23 heavy (non-hydrogen) atoms. The van der Waals surface area contributed by atoms with Gasteiger partial charge in [-0.25, -0.2) is 9.78 Å². The summed E-state index contributed by atoms with van der Waals surface area (Å²) in [6.07, 6.45) is 0. The molecule has 0 unspecified atom stereocenters. The van der Waals surface area contributed by atoms with Crippen molar-refractivity contribution in [1.82, 2.24) is 4.98 Å². The zero-order chi connectivity index (χ0) is 16.2. The zero-order valence-electron chi connectivity index (χ0n) is 12.3. The van der Waals surface area contributed by atoms with Crippen LogP contribution in [0.25, 0.3) is 11.3 Å². The minimum Gasteiger partial charge on any atom is -0.308 e. The van der Waals surface area contributed by atoms with Crippen LogP contribution in [0.1, 0.15) is 5.01 Å². The van der Waals surface area contributed by atoms with Gasteiger partial charge in [-0.3, -0.25) is 0 Å². The molecule has 2 aromatic carbocycles. The molecule has 1 heterocycles. The fourth-order valence-electron chi connectivity index (χ4n) is 2.08. The average molecular weight is 344 g/mol. The van der Waals surface area contributed by atoms with E-state index in [1.807, 2.05) is 36.6 Å². The predicted molar refractivity (Wildman–Crippen MR) is 96.4 cm³/mol. The van der Waals surface area contributed by atoms with Crippen LogP contribution in [0, 0.1) is 6.92 Å². The number of thiazole rings is 1. The lowest BCUT2D eigenvalue weighted by Gasteiger charge is -2.08. The second kappa shape index (κ2) is 6.81. The Hall–Kier alpha value is -2.37. The molecule has 0 atom stereocenters. The van der Waals surface area contributed by atoms with E-state index < -0.39 is 0 Å². The lowest BCUT2D eigenvalue weighted by atomic mass is 10.1. The number of aryl methyl sites for hydroxylation is 1. The molecule has 6 heteroatoms. The van der Waals surface area contributed by atoms with Gasteiger partial charge in [0.1, 0.15) is 0 Å². The van der Waals surface area contributed by atoms with Gasteiger partial charge in [0.05, 0.1) is 10.7 Å². The molecule has 0 aliphatic carbocycles. The minimum absolute atomic E-state index is 0.315. The molecule has 0 saturated carbocycles. The van der Waals surface area contributed by atoms with E-state index in [0.29, 0.717) is 16.4 Å². The second-order valence-electron chi connectivity index (χ2n) is 4.92. The number of benzene rings is 2. The highest BCUT2D eigenvalue weighted by Gasteiger charge is 2.05. The number of aromatic nitrogens is 1. The molecule has 0 spiro atoms. The van der Waals surface area contributed by atoms with E-state index in [4.69, 9.17) is 11.6 Å². The van der Waals surface area contributed by atoms with E-state index in [2.05, 4.69) is 15.6 Å². The van der Waals surface area contributed by atoms with Crippen molar-refractivity contribution in [3.05, 3.63) is 63.9 Å². The molecule has 4 nitrogen and oxygen atoms in total. The summed E-state index contributed by atoms with van der Waals surface area (Å²) in [5, 5.41) is 9.14. The van der Waals surface area contributed by atoms with Gasteiger partial charge in [-0.1, -0.05) is 29.8 Å². The molecular formula is C17H14ClN3OS. The van der Waals surface area contributed by atoms with Gasteiger partial charge in [0, 0.05) is 27.3 Å².